The van der Waals surface area contributed by atoms with Gasteiger partial charge in [0.1, 0.15) is 0 Å². The SMILES string of the molecule is COC(=O)C1(C)OCC(C)(C)CO1. The first kappa shape index (κ1) is 10.5. The van der Waals surface area contributed by atoms with Crippen molar-refractivity contribution in [3.8, 4) is 0 Å². The fourth-order valence-corrected chi connectivity index (χ4v) is 1.05. The Hall–Kier alpha value is -0.610. The average Bonchev–Trinajstić information content (AvgIpc) is 2.09. The van der Waals surface area contributed by atoms with E-state index in [9.17, 15) is 4.79 Å². The Balaban J connectivity index is 2.61. The van der Waals surface area contributed by atoms with Crippen molar-refractivity contribution in [2.75, 3.05) is 20.3 Å². The molecular formula is C9H16O4. The largest absolute Gasteiger partial charge is 0.465 e. The third-order valence-corrected chi connectivity index (χ3v) is 2.03. The predicted molar refractivity (Wildman–Crippen MR) is 46.1 cm³/mol. The molecule has 0 saturated carbocycles. The Labute approximate surface area is 78.2 Å². The molecule has 1 rings (SSSR count). The normalized spacial score (nSPS) is 25.2. The predicted octanol–water partition coefficient (Wildman–Crippen LogP) is 0.949. The van der Waals surface area contributed by atoms with E-state index in [0.29, 0.717) is 13.2 Å². The molecule has 1 aliphatic rings. The summed E-state index contributed by atoms with van der Waals surface area (Å²) in [6, 6.07) is 0. The maximum Gasteiger partial charge on any atom is 0.366 e. The van der Waals surface area contributed by atoms with Gasteiger partial charge in [-0.2, -0.15) is 0 Å². The van der Waals surface area contributed by atoms with Crippen molar-refractivity contribution in [1.82, 2.24) is 0 Å². The molecule has 0 atom stereocenters. The van der Waals surface area contributed by atoms with E-state index in [-0.39, 0.29) is 5.41 Å². The standard InChI is InChI=1S/C9H16O4/c1-8(2)5-12-9(3,13-6-8)7(10)11-4/h5-6H2,1-4H3. The van der Waals surface area contributed by atoms with Gasteiger partial charge in [0.25, 0.3) is 5.79 Å². The molecule has 1 saturated heterocycles. The maximum absolute atomic E-state index is 11.2. The summed E-state index contributed by atoms with van der Waals surface area (Å²) in [5.74, 6) is -1.70. The number of hydrogen-bond acceptors (Lipinski definition) is 4. The van der Waals surface area contributed by atoms with Gasteiger partial charge in [-0.15, -0.1) is 0 Å². The maximum atomic E-state index is 11.2. The van der Waals surface area contributed by atoms with Crippen molar-refractivity contribution in [3.05, 3.63) is 0 Å². The van der Waals surface area contributed by atoms with Crippen LogP contribution in [0, 0.1) is 5.41 Å². The van der Waals surface area contributed by atoms with E-state index in [0.717, 1.165) is 0 Å². The van der Waals surface area contributed by atoms with Crippen molar-refractivity contribution in [1.29, 1.82) is 0 Å². The van der Waals surface area contributed by atoms with E-state index in [1.54, 1.807) is 6.92 Å². The van der Waals surface area contributed by atoms with Crippen LogP contribution in [-0.4, -0.2) is 32.1 Å². The molecule has 0 aliphatic carbocycles. The number of carbonyl (C=O) groups excluding carboxylic acids is 1. The van der Waals surface area contributed by atoms with Gasteiger partial charge in [0, 0.05) is 12.3 Å². The molecule has 4 nitrogen and oxygen atoms in total. The molecule has 0 radical (unpaired) electrons. The summed E-state index contributed by atoms with van der Waals surface area (Å²) < 4.78 is 15.2. The summed E-state index contributed by atoms with van der Waals surface area (Å²) in [4.78, 5) is 11.2. The monoisotopic (exact) mass is 188 g/mol. The molecule has 13 heavy (non-hydrogen) atoms. The Kier molecular flexibility index (Phi) is 2.63. The number of esters is 1. The fourth-order valence-electron chi connectivity index (χ4n) is 1.05. The number of ether oxygens (including phenoxy) is 3. The minimum absolute atomic E-state index is 0.0342. The third-order valence-electron chi connectivity index (χ3n) is 2.03. The van der Waals surface area contributed by atoms with Gasteiger partial charge in [-0.1, -0.05) is 13.8 Å². The lowest BCUT2D eigenvalue weighted by Gasteiger charge is -2.39. The van der Waals surface area contributed by atoms with Crippen LogP contribution in [-0.2, 0) is 19.0 Å². The minimum Gasteiger partial charge on any atom is -0.465 e. The van der Waals surface area contributed by atoms with Crippen LogP contribution in [0.25, 0.3) is 0 Å². The second-order valence-corrected chi connectivity index (χ2v) is 4.18. The van der Waals surface area contributed by atoms with Gasteiger partial charge < -0.3 is 14.2 Å². The first-order valence-corrected chi connectivity index (χ1v) is 4.26. The molecule has 0 aromatic carbocycles. The van der Waals surface area contributed by atoms with Crippen LogP contribution < -0.4 is 0 Å². The molecule has 4 heteroatoms. The molecule has 0 spiro atoms. The van der Waals surface area contributed by atoms with Crippen molar-refractivity contribution in [2.45, 2.75) is 26.6 Å². The first-order valence-electron chi connectivity index (χ1n) is 4.26. The van der Waals surface area contributed by atoms with E-state index >= 15 is 0 Å². The number of carbonyl (C=O) groups is 1. The van der Waals surface area contributed by atoms with Crippen molar-refractivity contribution < 1.29 is 19.0 Å². The summed E-state index contributed by atoms with van der Waals surface area (Å²) in [6.45, 7) is 6.61. The van der Waals surface area contributed by atoms with Crippen LogP contribution in [0.4, 0.5) is 0 Å². The highest BCUT2D eigenvalue weighted by molar-refractivity contribution is 5.77. The Bertz CT molecular complexity index is 200. The summed E-state index contributed by atoms with van der Waals surface area (Å²) in [7, 11) is 1.32. The van der Waals surface area contributed by atoms with Gasteiger partial charge in [-0.05, 0) is 0 Å². The van der Waals surface area contributed by atoms with E-state index < -0.39 is 11.8 Å². The van der Waals surface area contributed by atoms with Crippen molar-refractivity contribution in [2.24, 2.45) is 5.41 Å². The second kappa shape index (κ2) is 3.27. The van der Waals surface area contributed by atoms with E-state index in [1.165, 1.54) is 7.11 Å². The lowest BCUT2D eigenvalue weighted by atomic mass is 9.95. The summed E-state index contributed by atoms with van der Waals surface area (Å²) in [5.41, 5.74) is -0.0342. The molecule has 1 aliphatic heterocycles. The van der Waals surface area contributed by atoms with Gasteiger partial charge in [0.15, 0.2) is 0 Å². The quantitative estimate of drug-likeness (QED) is 0.575. The molecule has 76 valence electrons. The van der Waals surface area contributed by atoms with E-state index in [2.05, 4.69) is 4.74 Å². The Morgan fingerprint density at radius 2 is 1.69 bits per heavy atom. The summed E-state index contributed by atoms with van der Waals surface area (Å²) in [5, 5.41) is 0. The van der Waals surface area contributed by atoms with Gasteiger partial charge in [0.05, 0.1) is 20.3 Å². The molecule has 1 heterocycles. The third kappa shape index (κ3) is 2.19. The number of methoxy groups -OCH3 is 1. The molecule has 0 amide bonds. The van der Waals surface area contributed by atoms with Crippen molar-refractivity contribution in [3.63, 3.8) is 0 Å². The highest BCUT2D eigenvalue weighted by Crippen LogP contribution is 2.29. The van der Waals surface area contributed by atoms with Crippen LogP contribution >= 0.6 is 0 Å². The Morgan fingerprint density at radius 1 is 1.23 bits per heavy atom. The molecule has 0 unspecified atom stereocenters. The average molecular weight is 188 g/mol. The molecule has 0 aromatic heterocycles. The highest BCUT2D eigenvalue weighted by atomic mass is 16.7. The zero-order chi connectivity index (χ0) is 10.1. The minimum atomic E-state index is -1.22. The van der Waals surface area contributed by atoms with E-state index in [4.69, 9.17) is 9.47 Å². The fraction of sp³-hybridized carbons (Fsp3) is 0.889. The first-order chi connectivity index (χ1) is 5.90. The lowest BCUT2D eigenvalue weighted by Crippen LogP contribution is -2.51. The van der Waals surface area contributed by atoms with Crippen LogP contribution in [0.2, 0.25) is 0 Å². The number of rotatable bonds is 1. The van der Waals surface area contributed by atoms with Gasteiger partial charge in [0.2, 0.25) is 0 Å². The van der Waals surface area contributed by atoms with Gasteiger partial charge in [-0.3, -0.25) is 0 Å². The van der Waals surface area contributed by atoms with Gasteiger partial charge >= 0.3 is 5.97 Å². The lowest BCUT2D eigenvalue weighted by molar-refractivity contribution is -0.285. The van der Waals surface area contributed by atoms with Gasteiger partial charge in [-0.25, -0.2) is 4.79 Å². The van der Waals surface area contributed by atoms with Crippen LogP contribution in [0.15, 0.2) is 0 Å². The topological polar surface area (TPSA) is 44.8 Å². The van der Waals surface area contributed by atoms with E-state index in [1.807, 2.05) is 13.8 Å². The molecular weight excluding hydrogens is 172 g/mol. The van der Waals surface area contributed by atoms with Crippen LogP contribution in [0.1, 0.15) is 20.8 Å². The van der Waals surface area contributed by atoms with Crippen LogP contribution in [0.5, 0.6) is 0 Å². The molecule has 1 fully saturated rings. The second-order valence-electron chi connectivity index (χ2n) is 4.18. The van der Waals surface area contributed by atoms with Crippen LogP contribution in [0.3, 0.4) is 0 Å². The smallest absolute Gasteiger partial charge is 0.366 e. The summed E-state index contributed by atoms with van der Waals surface area (Å²) in [6.07, 6.45) is 0. The molecule has 0 N–H and O–H groups in total. The summed E-state index contributed by atoms with van der Waals surface area (Å²) >= 11 is 0. The zero-order valence-electron chi connectivity index (χ0n) is 8.55. The molecule has 0 aromatic rings. The Morgan fingerprint density at radius 3 is 2.08 bits per heavy atom. The van der Waals surface area contributed by atoms with Crippen molar-refractivity contribution >= 4 is 5.97 Å². The molecule has 0 bridgehead atoms. The highest BCUT2D eigenvalue weighted by Gasteiger charge is 2.43. The number of hydrogen-bond donors (Lipinski definition) is 0. The zero-order valence-corrected chi connectivity index (χ0v) is 8.55.